The highest BCUT2D eigenvalue weighted by molar-refractivity contribution is 7.03. The van der Waals surface area contributed by atoms with Crippen molar-refractivity contribution < 1.29 is 0 Å². The lowest BCUT2D eigenvalue weighted by Crippen LogP contribution is -2.17. The molecule has 0 aromatic carbocycles. The van der Waals surface area contributed by atoms with Crippen LogP contribution in [0.2, 0.25) is 0 Å². The third kappa shape index (κ3) is 1.03. The van der Waals surface area contributed by atoms with Crippen molar-refractivity contribution in [1.82, 2.24) is 4.37 Å². The van der Waals surface area contributed by atoms with Gasteiger partial charge >= 0.3 is 0 Å². The predicted octanol–water partition coefficient (Wildman–Crippen LogP) is 0.526. The van der Waals surface area contributed by atoms with Crippen LogP contribution in [0.15, 0.2) is 0 Å². The molecule has 2 heteroatoms. The summed E-state index contributed by atoms with van der Waals surface area (Å²) in [6.45, 7) is 9.69. The van der Waals surface area contributed by atoms with Gasteiger partial charge in [-0.2, -0.15) is 4.37 Å². The highest BCUT2D eigenvalue weighted by Gasteiger charge is 1.92. The van der Waals surface area contributed by atoms with Crippen LogP contribution in [0.3, 0.4) is 0 Å². The van der Waals surface area contributed by atoms with Gasteiger partial charge in [-0.1, -0.05) is 20.1 Å². The molecule has 1 aromatic heterocycles. The number of hydrogen-bond donors (Lipinski definition) is 0. The van der Waals surface area contributed by atoms with Crippen LogP contribution in [-0.2, 0) is 6.42 Å². The van der Waals surface area contributed by atoms with E-state index >= 15 is 0 Å². The number of rotatable bonds is 1. The zero-order chi connectivity index (χ0) is 6.85. The second-order valence-electron chi connectivity index (χ2n) is 1.88. The molecule has 48 valence electrons. The van der Waals surface area contributed by atoms with E-state index in [0.717, 1.165) is 21.9 Å². The normalized spacial score (nSPS) is 9.89. The average molecular weight is 139 g/mol. The smallest absolute Gasteiger partial charge is 0.0611 e. The average Bonchev–Trinajstić information content (AvgIpc) is 2.15. The van der Waals surface area contributed by atoms with E-state index in [9.17, 15) is 0 Å². The van der Waals surface area contributed by atoms with Crippen molar-refractivity contribution in [2.24, 2.45) is 0 Å². The molecule has 0 atom stereocenters. The summed E-state index contributed by atoms with van der Waals surface area (Å²) in [4.78, 5) is 0. The van der Waals surface area contributed by atoms with E-state index in [0.29, 0.717) is 0 Å². The Kier molecular flexibility index (Phi) is 1.67. The van der Waals surface area contributed by atoms with E-state index in [1.54, 1.807) is 0 Å². The largest absolute Gasteiger partial charge is 0.197 e. The molecule has 0 saturated heterocycles. The van der Waals surface area contributed by atoms with Crippen molar-refractivity contribution >= 4 is 24.7 Å². The van der Waals surface area contributed by atoms with Crippen LogP contribution in [0.5, 0.6) is 0 Å². The van der Waals surface area contributed by atoms with Crippen LogP contribution >= 0.6 is 11.5 Å². The summed E-state index contributed by atoms with van der Waals surface area (Å²) in [6.07, 6.45) is 0.963. The second-order valence-corrected chi connectivity index (χ2v) is 2.74. The van der Waals surface area contributed by atoms with E-state index in [1.165, 1.54) is 11.5 Å². The molecule has 0 N–H and O–H groups in total. The van der Waals surface area contributed by atoms with Gasteiger partial charge in [0.2, 0.25) is 0 Å². The Morgan fingerprint density at radius 1 is 1.56 bits per heavy atom. The number of aryl methyl sites for hydroxylation is 1. The summed E-state index contributed by atoms with van der Waals surface area (Å²) in [5.74, 6) is 0. The van der Waals surface area contributed by atoms with Gasteiger partial charge in [0.1, 0.15) is 0 Å². The molecule has 9 heavy (non-hydrogen) atoms. The van der Waals surface area contributed by atoms with E-state index < -0.39 is 0 Å². The second kappa shape index (κ2) is 2.31. The first-order chi connectivity index (χ1) is 4.25. The highest BCUT2D eigenvalue weighted by Crippen LogP contribution is 1.84. The standard InChI is InChI=1S/C7H9NS/c1-4-7-5(2)6(3)9-8-7/h2-4H2,1H3. The summed E-state index contributed by atoms with van der Waals surface area (Å²) < 4.78 is 5.14. The molecule has 0 unspecified atom stereocenters. The molecule has 1 heterocycles. The maximum atomic E-state index is 4.15. The molecular weight excluding hydrogens is 130 g/mol. The monoisotopic (exact) mass is 139 g/mol. The Morgan fingerprint density at radius 2 is 2.22 bits per heavy atom. The molecule has 0 aliphatic rings. The number of hydrogen-bond acceptors (Lipinski definition) is 2. The fraction of sp³-hybridized carbons (Fsp3) is 0.286. The van der Waals surface area contributed by atoms with Gasteiger partial charge < -0.3 is 0 Å². The Morgan fingerprint density at radius 3 is 2.44 bits per heavy atom. The molecule has 0 saturated carbocycles. The lowest BCUT2D eigenvalue weighted by molar-refractivity contribution is 1.07. The lowest BCUT2D eigenvalue weighted by Gasteiger charge is -1.80. The molecule has 0 radical (unpaired) electrons. The number of aromatic nitrogens is 1. The predicted molar refractivity (Wildman–Crippen MR) is 41.8 cm³/mol. The minimum Gasteiger partial charge on any atom is -0.197 e. The molecule has 0 amide bonds. The fourth-order valence-corrected chi connectivity index (χ4v) is 1.35. The molecule has 1 rings (SSSR count). The maximum Gasteiger partial charge on any atom is 0.0611 e. The van der Waals surface area contributed by atoms with Gasteiger partial charge in [0.15, 0.2) is 0 Å². The van der Waals surface area contributed by atoms with Crippen molar-refractivity contribution in [3.63, 3.8) is 0 Å². The molecule has 0 aliphatic heterocycles. The topological polar surface area (TPSA) is 12.9 Å². The SMILES string of the molecule is C=c1snc(CC)c1=C. The van der Waals surface area contributed by atoms with Crippen molar-refractivity contribution in [3.05, 3.63) is 15.4 Å². The molecule has 0 spiro atoms. The fourth-order valence-electron chi connectivity index (χ4n) is 0.659. The van der Waals surface area contributed by atoms with Crippen molar-refractivity contribution in [2.45, 2.75) is 13.3 Å². The van der Waals surface area contributed by atoms with Gasteiger partial charge in [0.05, 0.1) is 5.69 Å². The summed E-state index contributed by atoms with van der Waals surface area (Å²) in [5, 5.41) is 1.02. The molecule has 0 aliphatic carbocycles. The Labute approximate surface area is 58.5 Å². The third-order valence-electron chi connectivity index (χ3n) is 1.29. The molecule has 1 nitrogen and oxygen atoms in total. The Bertz CT molecular complexity index is 286. The first kappa shape index (κ1) is 6.49. The minimum absolute atomic E-state index is 0.963. The quantitative estimate of drug-likeness (QED) is 0.553. The van der Waals surface area contributed by atoms with E-state index in [-0.39, 0.29) is 0 Å². The first-order valence-corrected chi connectivity index (χ1v) is 3.65. The van der Waals surface area contributed by atoms with Gasteiger partial charge in [0.25, 0.3) is 0 Å². The van der Waals surface area contributed by atoms with Crippen molar-refractivity contribution in [2.75, 3.05) is 0 Å². The van der Waals surface area contributed by atoms with Crippen LogP contribution in [0.25, 0.3) is 13.2 Å². The van der Waals surface area contributed by atoms with Crippen LogP contribution < -0.4 is 9.75 Å². The zero-order valence-electron chi connectivity index (χ0n) is 5.48. The lowest BCUT2D eigenvalue weighted by atomic mass is 10.3. The maximum absolute atomic E-state index is 4.15. The van der Waals surface area contributed by atoms with Crippen LogP contribution in [0, 0.1) is 0 Å². The van der Waals surface area contributed by atoms with E-state index in [1.807, 2.05) is 0 Å². The Hall–Kier alpha value is -0.630. The van der Waals surface area contributed by atoms with Crippen molar-refractivity contribution in [3.8, 4) is 0 Å². The van der Waals surface area contributed by atoms with Crippen LogP contribution in [0.1, 0.15) is 12.6 Å². The van der Waals surface area contributed by atoms with E-state index in [4.69, 9.17) is 0 Å². The van der Waals surface area contributed by atoms with Crippen LogP contribution in [-0.4, -0.2) is 4.37 Å². The molecule has 0 fully saturated rings. The third-order valence-corrected chi connectivity index (χ3v) is 2.06. The molecule has 1 aromatic rings. The summed E-state index contributed by atoms with van der Waals surface area (Å²) >= 11 is 1.43. The zero-order valence-corrected chi connectivity index (χ0v) is 6.29. The van der Waals surface area contributed by atoms with Crippen molar-refractivity contribution in [1.29, 1.82) is 0 Å². The van der Waals surface area contributed by atoms with Gasteiger partial charge in [-0.25, -0.2) is 0 Å². The van der Waals surface area contributed by atoms with Gasteiger partial charge in [-0.15, -0.1) is 0 Å². The van der Waals surface area contributed by atoms with Gasteiger partial charge in [-0.05, 0) is 18.0 Å². The van der Waals surface area contributed by atoms with Gasteiger partial charge in [-0.3, -0.25) is 0 Å². The first-order valence-electron chi connectivity index (χ1n) is 2.88. The molecular formula is C7H9NS. The van der Waals surface area contributed by atoms with Crippen LogP contribution in [0.4, 0.5) is 0 Å². The summed E-state index contributed by atoms with van der Waals surface area (Å²) in [7, 11) is 0. The summed E-state index contributed by atoms with van der Waals surface area (Å²) in [6, 6.07) is 0. The number of nitrogens with zero attached hydrogens (tertiary/aromatic N) is 1. The molecule has 0 bridgehead atoms. The minimum atomic E-state index is 0.963. The highest BCUT2D eigenvalue weighted by atomic mass is 32.1. The van der Waals surface area contributed by atoms with E-state index in [2.05, 4.69) is 24.5 Å². The van der Waals surface area contributed by atoms with Gasteiger partial charge in [0, 0.05) is 9.75 Å². The summed E-state index contributed by atoms with van der Waals surface area (Å²) in [5.41, 5.74) is 1.09. The Balaban J connectivity index is 3.37.